The van der Waals surface area contributed by atoms with E-state index >= 15 is 0 Å². The highest BCUT2D eigenvalue weighted by molar-refractivity contribution is 7.17. The fourth-order valence-corrected chi connectivity index (χ4v) is 4.41. The maximum Gasteiger partial charge on any atom is 0.393 e. The molecule has 1 aliphatic carbocycles. The van der Waals surface area contributed by atoms with Gasteiger partial charge in [0.05, 0.1) is 12.2 Å². The molecule has 0 aromatic carbocycles. The number of halogens is 12. The zero-order chi connectivity index (χ0) is 27.2. The summed E-state index contributed by atoms with van der Waals surface area (Å²) in [5.41, 5.74) is -0.362. The molecule has 1 heterocycles. The highest BCUT2D eigenvalue weighted by Gasteiger charge is 2.89. The summed E-state index contributed by atoms with van der Waals surface area (Å²) >= 11 is 0.427. The molecule has 1 aliphatic rings. The van der Waals surface area contributed by atoms with Crippen molar-refractivity contribution in [1.82, 2.24) is 0 Å². The molecule has 0 unspecified atom stereocenters. The van der Waals surface area contributed by atoms with Crippen molar-refractivity contribution in [2.24, 2.45) is 0 Å². The van der Waals surface area contributed by atoms with E-state index < -0.39 is 58.5 Å². The van der Waals surface area contributed by atoms with Gasteiger partial charge in [0, 0.05) is 4.88 Å². The number of carbonyl (C=O) groups excluding carboxylic acids is 2. The standard InChI is InChI=1S/C18H15F12NO3S/c1-2-34-11(32)9-7-5-3-4-6-8(7)35-10(9)31-13(33)15(23,24)17(27,28)18(29,30)16(25,26)14(21,22)12(19)20/h12H,2-6H2,1H3,(H,31,33). The molecular weight excluding hydrogens is 538 g/mol. The predicted octanol–water partition coefficient (Wildman–Crippen LogP) is 6.18. The van der Waals surface area contributed by atoms with Crippen LogP contribution < -0.4 is 5.32 Å². The van der Waals surface area contributed by atoms with Gasteiger partial charge in [-0.3, -0.25) is 4.79 Å². The second-order valence-electron chi connectivity index (χ2n) is 7.31. The lowest BCUT2D eigenvalue weighted by molar-refractivity contribution is -0.406. The van der Waals surface area contributed by atoms with Crippen LogP contribution in [0.5, 0.6) is 0 Å². The van der Waals surface area contributed by atoms with Crippen molar-refractivity contribution < 1.29 is 67.0 Å². The molecule has 1 amide bonds. The number of hydrogen-bond donors (Lipinski definition) is 1. The molecule has 2 rings (SSSR count). The Kier molecular flexibility index (Phi) is 7.76. The van der Waals surface area contributed by atoms with Crippen molar-refractivity contribution >= 4 is 28.2 Å². The Morgan fingerprint density at radius 1 is 0.914 bits per heavy atom. The van der Waals surface area contributed by atoms with Gasteiger partial charge in [0.1, 0.15) is 5.00 Å². The van der Waals surface area contributed by atoms with Crippen LogP contribution in [0.3, 0.4) is 0 Å². The molecule has 0 saturated carbocycles. The van der Waals surface area contributed by atoms with E-state index in [1.807, 2.05) is 0 Å². The average molecular weight is 553 g/mol. The second-order valence-corrected chi connectivity index (χ2v) is 8.42. The molecule has 0 atom stereocenters. The molecule has 0 radical (unpaired) electrons. The number of fused-ring (bicyclic) bond motifs is 1. The number of rotatable bonds is 9. The Morgan fingerprint density at radius 2 is 1.46 bits per heavy atom. The molecule has 0 saturated heterocycles. The summed E-state index contributed by atoms with van der Waals surface area (Å²) in [5.74, 6) is -41.7. The predicted molar refractivity (Wildman–Crippen MR) is 96.3 cm³/mol. The number of amides is 1. The van der Waals surface area contributed by atoms with E-state index in [4.69, 9.17) is 4.74 Å². The Labute approximate surface area is 192 Å². The molecule has 200 valence electrons. The van der Waals surface area contributed by atoms with Crippen molar-refractivity contribution in [2.45, 2.75) is 68.6 Å². The Bertz CT molecular complexity index is 976. The van der Waals surface area contributed by atoms with Crippen LogP contribution >= 0.6 is 11.3 Å². The SMILES string of the molecule is CCOC(=O)c1c(NC(=O)C(F)(F)C(F)(F)C(F)(F)C(F)(F)C(F)(F)C(F)F)sc2c1CCCC2. The lowest BCUT2D eigenvalue weighted by Crippen LogP contribution is -2.70. The van der Waals surface area contributed by atoms with E-state index in [9.17, 15) is 62.3 Å². The van der Waals surface area contributed by atoms with Gasteiger partial charge in [-0.05, 0) is 38.2 Å². The minimum absolute atomic E-state index is 0.162. The zero-order valence-electron chi connectivity index (χ0n) is 17.3. The molecular formula is C18H15F12NO3S. The topological polar surface area (TPSA) is 55.4 Å². The van der Waals surface area contributed by atoms with Gasteiger partial charge in [0.25, 0.3) is 0 Å². The van der Waals surface area contributed by atoms with Crippen LogP contribution in [0, 0.1) is 0 Å². The van der Waals surface area contributed by atoms with Crippen LogP contribution in [-0.4, -0.2) is 54.5 Å². The highest BCUT2D eigenvalue weighted by atomic mass is 32.1. The number of thiophene rings is 1. The summed E-state index contributed by atoms with van der Waals surface area (Å²) in [7, 11) is 0. The molecule has 0 bridgehead atoms. The molecule has 0 aliphatic heterocycles. The van der Waals surface area contributed by atoms with Crippen LogP contribution in [0.2, 0.25) is 0 Å². The van der Waals surface area contributed by atoms with Gasteiger partial charge < -0.3 is 10.1 Å². The van der Waals surface area contributed by atoms with E-state index in [-0.39, 0.29) is 25.0 Å². The van der Waals surface area contributed by atoms with Crippen molar-refractivity contribution in [2.75, 3.05) is 11.9 Å². The van der Waals surface area contributed by atoms with Gasteiger partial charge in [0.2, 0.25) is 0 Å². The van der Waals surface area contributed by atoms with Gasteiger partial charge in [-0.1, -0.05) is 0 Å². The van der Waals surface area contributed by atoms with E-state index in [0.29, 0.717) is 29.1 Å². The number of hydrogen-bond acceptors (Lipinski definition) is 4. The van der Waals surface area contributed by atoms with Gasteiger partial charge in [0.15, 0.2) is 0 Å². The van der Waals surface area contributed by atoms with E-state index in [0.717, 1.165) is 5.32 Å². The van der Waals surface area contributed by atoms with Crippen LogP contribution in [0.15, 0.2) is 0 Å². The van der Waals surface area contributed by atoms with Crippen LogP contribution in [0.4, 0.5) is 57.7 Å². The normalized spacial score (nSPS) is 15.7. The fourth-order valence-electron chi connectivity index (χ4n) is 3.14. The molecule has 35 heavy (non-hydrogen) atoms. The largest absolute Gasteiger partial charge is 0.462 e. The Balaban J connectivity index is 2.49. The first-order valence-corrected chi connectivity index (χ1v) is 10.4. The second kappa shape index (κ2) is 9.35. The van der Waals surface area contributed by atoms with E-state index in [1.54, 1.807) is 0 Å². The monoisotopic (exact) mass is 553 g/mol. The summed E-state index contributed by atoms with van der Waals surface area (Å²) in [6.07, 6.45) is -4.21. The summed E-state index contributed by atoms with van der Waals surface area (Å²) in [5, 5.41) is 0.216. The molecule has 4 nitrogen and oxygen atoms in total. The number of nitrogens with one attached hydrogen (secondary N) is 1. The number of esters is 1. The first-order chi connectivity index (χ1) is 15.8. The number of anilines is 1. The van der Waals surface area contributed by atoms with Crippen molar-refractivity contribution in [1.29, 1.82) is 0 Å². The molecule has 17 heteroatoms. The minimum atomic E-state index is -7.83. The first kappa shape index (κ1) is 29.0. The number of carbonyl (C=O) groups is 2. The van der Waals surface area contributed by atoms with Crippen molar-refractivity contribution in [3.8, 4) is 0 Å². The maximum absolute atomic E-state index is 14.1. The number of ether oxygens (including phenoxy) is 1. The Hall–Kier alpha value is -2.20. The van der Waals surface area contributed by atoms with Crippen LogP contribution in [0.25, 0.3) is 0 Å². The lowest BCUT2D eigenvalue weighted by atomic mass is 9.93. The number of alkyl halides is 12. The first-order valence-electron chi connectivity index (χ1n) is 9.59. The summed E-state index contributed by atoms with van der Waals surface area (Å²) in [4.78, 5) is 24.4. The van der Waals surface area contributed by atoms with Gasteiger partial charge in [-0.2, -0.15) is 43.9 Å². The average Bonchev–Trinajstić information content (AvgIpc) is 3.10. The molecule has 1 aromatic heterocycles. The molecule has 1 N–H and O–H groups in total. The fraction of sp³-hybridized carbons (Fsp3) is 0.667. The third kappa shape index (κ3) is 4.43. The summed E-state index contributed by atoms with van der Waals surface area (Å²) in [6.45, 7) is 1.08. The molecule has 0 spiro atoms. The summed E-state index contributed by atoms with van der Waals surface area (Å²) < 4.78 is 165. The Morgan fingerprint density at radius 3 is 1.97 bits per heavy atom. The number of aryl methyl sites for hydroxylation is 1. The van der Waals surface area contributed by atoms with Gasteiger partial charge >= 0.3 is 47.9 Å². The third-order valence-electron chi connectivity index (χ3n) is 5.04. The quantitative estimate of drug-likeness (QED) is 0.294. The van der Waals surface area contributed by atoms with Crippen molar-refractivity contribution in [3.05, 3.63) is 16.0 Å². The van der Waals surface area contributed by atoms with E-state index in [2.05, 4.69) is 0 Å². The highest BCUT2D eigenvalue weighted by Crippen LogP contribution is 2.58. The van der Waals surface area contributed by atoms with Gasteiger partial charge in [-0.15, -0.1) is 11.3 Å². The summed E-state index contributed by atoms with van der Waals surface area (Å²) in [6, 6.07) is 0. The third-order valence-corrected chi connectivity index (χ3v) is 6.25. The van der Waals surface area contributed by atoms with Crippen LogP contribution in [0.1, 0.15) is 40.6 Å². The smallest absolute Gasteiger partial charge is 0.393 e. The van der Waals surface area contributed by atoms with Crippen molar-refractivity contribution in [3.63, 3.8) is 0 Å². The van der Waals surface area contributed by atoms with E-state index in [1.165, 1.54) is 6.92 Å². The minimum Gasteiger partial charge on any atom is -0.462 e. The van der Waals surface area contributed by atoms with Gasteiger partial charge in [-0.25, -0.2) is 13.6 Å². The lowest BCUT2D eigenvalue weighted by Gasteiger charge is -2.38. The zero-order valence-corrected chi connectivity index (χ0v) is 18.1. The maximum atomic E-state index is 14.1. The molecule has 1 aromatic rings. The molecule has 0 fully saturated rings. The van der Waals surface area contributed by atoms with Crippen LogP contribution in [-0.2, 0) is 22.4 Å².